The molecule has 0 radical (unpaired) electrons. The Labute approximate surface area is 97.6 Å². The Morgan fingerprint density at radius 1 is 1.47 bits per heavy atom. The number of tetrazole rings is 1. The molecule has 3 N–H and O–H groups in total. The van der Waals surface area contributed by atoms with Crippen LogP contribution in [-0.4, -0.2) is 32.2 Å². The number of amides is 1. The van der Waals surface area contributed by atoms with Crippen LogP contribution in [0, 0.1) is 0 Å². The van der Waals surface area contributed by atoms with Crippen LogP contribution in [0.1, 0.15) is 6.92 Å². The van der Waals surface area contributed by atoms with Crippen molar-refractivity contribution in [2.24, 2.45) is 5.73 Å². The van der Waals surface area contributed by atoms with E-state index >= 15 is 0 Å². The van der Waals surface area contributed by atoms with E-state index in [0.29, 0.717) is 11.4 Å². The van der Waals surface area contributed by atoms with Gasteiger partial charge in [0.15, 0.2) is 0 Å². The average Bonchev–Trinajstić information content (AvgIpc) is 2.83. The van der Waals surface area contributed by atoms with Crippen LogP contribution >= 0.6 is 0 Å². The number of hydrogen-bond donors (Lipinski definition) is 2. The van der Waals surface area contributed by atoms with Gasteiger partial charge in [-0.05, 0) is 29.5 Å². The number of nitrogens with one attached hydrogen (secondary N) is 1. The Hall–Kier alpha value is -2.28. The zero-order valence-corrected chi connectivity index (χ0v) is 9.24. The molecule has 7 nitrogen and oxygen atoms in total. The molecule has 1 amide bonds. The SMILES string of the molecule is C[C@H](N)C(=O)Nc1ccccc1-n1cnnn1. The lowest BCUT2D eigenvalue weighted by atomic mass is 10.2. The molecule has 1 heterocycles. The van der Waals surface area contributed by atoms with Gasteiger partial charge >= 0.3 is 0 Å². The molecular formula is C10H12N6O. The molecular weight excluding hydrogens is 220 g/mol. The fourth-order valence-corrected chi connectivity index (χ4v) is 1.30. The number of anilines is 1. The van der Waals surface area contributed by atoms with Crippen molar-refractivity contribution in [2.75, 3.05) is 5.32 Å². The van der Waals surface area contributed by atoms with E-state index in [4.69, 9.17) is 5.73 Å². The van der Waals surface area contributed by atoms with E-state index in [2.05, 4.69) is 20.8 Å². The average molecular weight is 232 g/mol. The van der Waals surface area contributed by atoms with Gasteiger partial charge in [0.1, 0.15) is 6.33 Å². The first-order valence-electron chi connectivity index (χ1n) is 5.07. The lowest BCUT2D eigenvalue weighted by Crippen LogP contribution is -2.32. The molecule has 0 unspecified atom stereocenters. The second kappa shape index (κ2) is 4.71. The molecule has 17 heavy (non-hydrogen) atoms. The summed E-state index contributed by atoms with van der Waals surface area (Å²) in [5, 5.41) is 13.6. The molecule has 1 aromatic carbocycles. The highest BCUT2D eigenvalue weighted by atomic mass is 16.2. The van der Waals surface area contributed by atoms with Gasteiger partial charge in [-0.1, -0.05) is 12.1 Å². The van der Waals surface area contributed by atoms with E-state index in [1.807, 2.05) is 12.1 Å². The first-order valence-corrected chi connectivity index (χ1v) is 5.07. The molecule has 0 aliphatic rings. The Kier molecular flexibility index (Phi) is 3.10. The minimum absolute atomic E-state index is 0.259. The molecule has 2 aromatic rings. The van der Waals surface area contributed by atoms with Crippen LogP contribution in [0.25, 0.3) is 5.69 Å². The van der Waals surface area contributed by atoms with Crippen LogP contribution in [0.5, 0.6) is 0 Å². The minimum Gasteiger partial charge on any atom is -0.323 e. The monoisotopic (exact) mass is 232 g/mol. The van der Waals surface area contributed by atoms with E-state index in [0.717, 1.165) is 0 Å². The van der Waals surface area contributed by atoms with E-state index in [9.17, 15) is 4.79 Å². The Bertz CT molecular complexity index is 507. The third-order valence-electron chi connectivity index (χ3n) is 2.17. The highest BCUT2D eigenvalue weighted by molar-refractivity contribution is 5.96. The Morgan fingerprint density at radius 3 is 2.88 bits per heavy atom. The second-order valence-electron chi connectivity index (χ2n) is 3.55. The number of carbonyl (C=O) groups excluding carboxylic acids is 1. The van der Waals surface area contributed by atoms with Gasteiger partial charge in [-0.3, -0.25) is 4.79 Å². The third-order valence-corrected chi connectivity index (χ3v) is 2.17. The van der Waals surface area contributed by atoms with E-state index < -0.39 is 6.04 Å². The fraction of sp³-hybridized carbons (Fsp3) is 0.200. The molecule has 0 aliphatic heterocycles. The van der Waals surface area contributed by atoms with Crippen molar-refractivity contribution >= 4 is 11.6 Å². The van der Waals surface area contributed by atoms with Crippen LogP contribution < -0.4 is 11.1 Å². The van der Waals surface area contributed by atoms with Gasteiger partial charge in [0, 0.05) is 0 Å². The summed E-state index contributed by atoms with van der Waals surface area (Å²) in [6.07, 6.45) is 1.46. The van der Waals surface area contributed by atoms with Crippen molar-refractivity contribution in [1.82, 2.24) is 20.2 Å². The lowest BCUT2D eigenvalue weighted by Gasteiger charge is -2.11. The number of nitrogens with zero attached hydrogens (tertiary/aromatic N) is 4. The van der Waals surface area contributed by atoms with E-state index in [-0.39, 0.29) is 5.91 Å². The summed E-state index contributed by atoms with van der Waals surface area (Å²) in [5.74, 6) is -0.259. The molecule has 1 atom stereocenters. The first kappa shape index (κ1) is 11.2. The predicted octanol–water partition coefficient (Wildman–Crippen LogP) is -0.0520. The smallest absolute Gasteiger partial charge is 0.241 e. The molecule has 1 aromatic heterocycles. The summed E-state index contributed by atoms with van der Waals surface area (Å²) in [4.78, 5) is 11.5. The van der Waals surface area contributed by atoms with Crippen molar-refractivity contribution in [3.8, 4) is 5.69 Å². The molecule has 2 rings (SSSR count). The number of benzene rings is 1. The van der Waals surface area contributed by atoms with Gasteiger partial charge < -0.3 is 11.1 Å². The number of rotatable bonds is 3. The summed E-state index contributed by atoms with van der Waals surface area (Å²) in [6, 6.07) is 6.63. The molecule has 0 saturated heterocycles. The molecule has 0 spiro atoms. The maximum Gasteiger partial charge on any atom is 0.241 e. The van der Waals surface area contributed by atoms with Crippen LogP contribution in [0.3, 0.4) is 0 Å². The normalized spacial score (nSPS) is 12.1. The van der Waals surface area contributed by atoms with Gasteiger partial charge in [0.25, 0.3) is 0 Å². The first-order chi connectivity index (χ1) is 8.18. The summed E-state index contributed by atoms with van der Waals surface area (Å²) >= 11 is 0. The molecule has 0 aliphatic carbocycles. The van der Waals surface area contributed by atoms with E-state index in [1.54, 1.807) is 19.1 Å². The van der Waals surface area contributed by atoms with Gasteiger partial charge in [0.2, 0.25) is 5.91 Å². The fourth-order valence-electron chi connectivity index (χ4n) is 1.30. The Balaban J connectivity index is 2.32. The van der Waals surface area contributed by atoms with Crippen LogP contribution in [0.2, 0.25) is 0 Å². The zero-order valence-electron chi connectivity index (χ0n) is 9.24. The predicted molar refractivity (Wildman–Crippen MR) is 61.4 cm³/mol. The number of hydrogen-bond acceptors (Lipinski definition) is 5. The Morgan fingerprint density at radius 2 is 2.24 bits per heavy atom. The summed E-state index contributed by atoms with van der Waals surface area (Å²) in [6.45, 7) is 1.62. The maximum absolute atomic E-state index is 11.5. The quantitative estimate of drug-likeness (QED) is 0.772. The zero-order chi connectivity index (χ0) is 12.3. The van der Waals surface area contributed by atoms with Crippen LogP contribution in [0.15, 0.2) is 30.6 Å². The van der Waals surface area contributed by atoms with Crippen molar-refractivity contribution < 1.29 is 4.79 Å². The van der Waals surface area contributed by atoms with Crippen molar-refractivity contribution in [2.45, 2.75) is 13.0 Å². The topological polar surface area (TPSA) is 98.7 Å². The minimum atomic E-state index is -0.572. The van der Waals surface area contributed by atoms with Crippen LogP contribution in [0.4, 0.5) is 5.69 Å². The second-order valence-corrected chi connectivity index (χ2v) is 3.55. The number of para-hydroxylation sites is 2. The van der Waals surface area contributed by atoms with Crippen molar-refractivity contribution in [3.63, 3.8) is 0 Å². The molecule has 0 saturated carbocycles. The third kappa shape index (κ3) is 2.45. The van der Waals surface area contributed by atoms with Gasteiger partial charge in [-0.25, -0.2) is 0 Å². The lowest BCUT2D eigenvalue weighted by molar-refractivity contribution is -0.117. The summed E-state index contributed by atoms with van der Waals surface area (Å²) < 4.78 is 1.47. The number of aromatic nitrogens is 4. The largest absolute Gasteiger partial charge is 0.323 e. The standard InChI is InChI=1S/C10H12N6O/c1-7(11)10(17)13-8-4-2-3-5-9(8)16-6-12-14-15-16/h2-7H,11H2,1H3,(H,13,17)/t7-/m0/s1. The summed E-state index contributed by atoms with van der Waals surface area (Å²) in [7, 11) is 0. The number of carbonyl (C=O) groups is 1. The maximum atomic E-state index is 11.5. The highest BCUT2D eigenvalue weighted by Gasteiger charge is 2.11. The molecule has 88 valence electrons. The highest BCUT2D eigenvalue weighted by Crippen LogP contribution is 2.18. The van der Waals surface area contributed by atoms with Crippen LogP contribution in [-0.2, 0) is 4.79 Å². The summed E-state index contributed by atoms with van der Waals surface area (Å²) in [5.41, 5.74) is 6.79. The number of nitrogens with two attached hydrogens (primary N) is 1. The van der Waals surface area contributed by atoms with Crippen molar-refractivity contribution in [3.05, 3.63) is 30.6 Å². The van der Waals surface area contributed by atoms with Gasteiger partial charge in [-0.2, -0.15) is 4.68 Å². The molecule has 7 heteroatoms. The van der Waals surface area contributed by atoms with E-state index in [1.165, 1.54) is 11.0 Å². The van der Waals surface area contributed by atoms with Gasteiger partial charge in [-0.15, -0.1) is 5.10 Å². The molecule has 0 bridgehead atoms. The van der Waals surface area contributed by atoms with Crippen molar-refractivity contribution in [1.29, 1.82) is 0 Å². The molecule has 0 fully saturated rings. The van der Waals surface area contributed by atoms with Gasteiger partial charge in [0.05, 0.1) is 17.4 Å².